The molecule has 1 heterocycles. The molecule has 5 nitrogen and oxygen atoms in total. The fourth-order valence-electron chi connectivity index (χ4n) is 2.03. The van der Waals surface area contributed by atoms with E-state index in [1.54, 1.807) is 17.0 Å². The summed E-state index contributed by atoms with van der Waals surface area (Å²) in [5.41, 5.74) is 6.13. The molecule has 0 aromatic heterocycles. The lowest BCUT2D eigenvalue weighted by molar-refractivity contribution is -0.143. The molecule has 0 aliphatic carbocycles. The summed E-state index contributed by atoms with van der Waals surface area (Å²) >= 11 is 13.4. The highest BCUT2D eigenvalue weighted by Gasteiger charge is 2.27. The van der Waals surface area contributed by atoms with Crippen molar-refractivity contribution < 1.29 is 14.3 Å². The number of rotatable bonds is 5. The predicted octanol–water partition coefficient (Wildman–Crippen LogP) is 1.94. The maximum atomic E-state index is 12.1. The number of hydrogen-bond acceptors (Lipinski definition) is 4. The second-order valence-electron chi connectivity index (χ2n) is 4.83. The van der Waals surface area contributed by atoms with Crippen LogP contribution in [0.3, 0.4) is 0 Å². The molecule has 1 unspecified atom stereocenters. The predicted molar refractivity (Wildman–Crippen MR) is 88.1 cm³/mol. The van der Waals surface area contributed by atoms with Gasteiger partial charge in [0.05, 0.1) is 18.9 Å². The molecule has 1 aliphatic rings. The number of halogens is 2. The Hall–Kier alpha value is -0.950. The van der Waals surface area contributed by atoms with Crippen molar-refractivity contribution in [1.29, 1.82) is 0 Å². The summed E-state index contributed by atoms with van der Waals surface area (Å²) in [5, 5.41) is 1.17. The van der Waals surface area contributed by atoms with Crippen molar-refractivity contribution in [3.05, 3.63) is 33.8 Å². The summed E-state index contributed by atoms with van der Waals surface area (Å²) in [4.78, 5) is 24.9. The van der Waals surface area contributed by atoms with Crippen LogP contribution >= 0.6 is 35.0 Å². The van der Waals surface area contributed by atoms with Gasteiger partial charge in [-0.3, -0.25) is 9.59 Å². The van der Waals surface area contributed by atoms with E-state index in [0.717, 1.165) is 5.56 Å². The standard InChI is InChI=1S/C14H16Cl2N2O3S/c15-10-2-1-9(11(16)5-10)7-22-8-13(19)18-3-4-21-12(6-18)14(17)20/h1-2,5,12H,3-4,6-8H2,(H2,17,20). The van der Waals surface area contributed by atoms with Crippen molar-refractivity contribution in [3.63, 3.8) is 0 Å². The molecule has 8 heteroatoms. The fourth-order valence-corrected chi connectivity index (χ4v) is 3.51. The van der Waals surface area contributed by atoms with E-state index >= 15 is 0 Å². The van der Waals surface area contributed by atoms with E-state index in [9.17, 15) is 9.59 Å². The number of thioether (sulfide) groups is 1. The van der Waals surface area contributed by atoms with Crippen LogP contribution in [-0.2, 0) is 20.1 Å². The van der Waals surface area contributed by atoms with Crippen LogP contribution in [0.25, 0.3) is 0 Å². The van der Waals surface area contributed by atoms with Gasteiger partial charge in [-0.15, -0.1) is 11.8 Å². The topological polar surface area (TPSA) is 72.6 Å². The smallest absolute Gasteiger partial charge is 0.248 e. The summed E-state index contributed by atoms with van der Waals surface area (Å²) in [6.07, 6.45) is -0.714. The van der Waals surface area contributed by atoms with Crippen molar-refractivity contribution in [2.75, 3.05) is 25.4 Å². The number of primary amides is 1. The second-order valence-corrected chi connectivity index (χ2v) is 6.66. The molecule has 0 radical (unpaired) electrons. The molecule has 1 atom stereocenters. The molecule has 0 saturated carbocycles. The lowest BCUT2D eigenvalue weighted by Gasteiger charge is -2.31. The van der Waals surface area contributed by atoms with Crippen LogP contribution in [0.2, 0.25) is 10.0 Å². The summed E-state index contributed by atoms with van der Waals surface area (Å²) in [6.45, 7) is 1.02. The molecule has 22 heavy (non-hydrogen) atoms. The SMILES string of the molecule is NC(=O)C1CN(C(=O)CSCc2ccc(Cl)cc2Cl)CCO1. The van der Waals surface area contributed by atoms with Gasteiger partial charge in [0.2, 0.25) is 11.8 Å². The van der Waals surface area contributed by atoms with E-state index in [0.29, 0.717) is 34.7 Å². The van der Waals surface area contributed by atoms with Gasteiger partial charge in [0.1, 0.15) is 0 Å². The van der Waals surface area contributed by atoms with Crippen molar-refractivity contribution in [1.82, 2.24) is 4.90 Å². The Labute approximate surface area is 143 Å². The van der Waals surface area contributed by atoms with E-state index in [4.69, 9.17) is 33.7 Å². The Morgan fingerprint density at radius 1 is 1.41 bits per heavy atom. The highest BCUT2D eigenvalue weighted by molar-refractivity contribution is 7.99. The Morgan fingerprint density at radius 3 is 2.86 bits per heavy atom. The molecule has 1 aromatic rings. The second kappa shape index (κ2) is 8.06. The van der Waals surface area contributed by atoms with Gasteiger partial charge in [0, 0.05) is 22.3 Å². The van der Waals surface area contributed by atoms with E-state index < -0.39 is 12.0 Å². The number of carbonyl (C=O) groups excluding carboxylic acids is 2. The van der Waals surface area contributed by atoms with Gasteiger partial charge < -0.3 is 15.4 Å². The molecule has 1 aliphatic heterocycles. The van der Waals surface area contributed by atoms with Crippen molar-refractivity contribution in [2.24, 2.45) is 5.73 Å². The number of morpholine rings is 1. The highest BCUT2D eigenvalue weighted by Crippen LogP contribution is 2.24. The van der Waals surface area contributed by atoms with Crippen LogP contribution in [0.4, 0.5) is 0 Å². The van der Waals surface area contributed by atoms with E-state index in [1.165, 1.54) is 11.8 Å². The molecule has 1 saturated heterocycles. The molecule has 2 rings (SSSR count). The quantitative estimate of drug-likeness (QED) is 0.868. The lowest BCUT2D eigenvalue weighted by atomic mass is 10.2. The Kier molecular flexibility index (Phi) is 6.37. The van der Waals surface area contributed by atoms with Crippen LogP contribution < -0.4 is 5.73 Å². The minimum absolute atomic E-state index is 0.0374. The monoisotopic (exact) mass is 362 g/mol. The zero-order valence-corrected chi connectivity index (χ0v) is 14.1. The Balaban J connectivity index is 1.81. The van der Waals surface area contributed by atoms with Gasteiger partial charge in [-0.05, 0) is 17.7 Å². The van der Waals surface area contributed by atoms with Gasteiger partial charge in [-0.25, -0.2) is 0 Å². The fraction of sp³-hybridized carbons (Fsp3) is 0.429. The number of carbonyl (C=O) groups is 2. The van der Waals surface area contributed by atoms with Gasteiger partial charge >= 0.3 is 0 Å². The first kappa shape index (κ1) is 17.4. The summed E-state index contributed by atoms with van der Waals surface area (Å²) < 4.78 is 5.22. The molecule has 0 spiro atoms. The van der Waals surface area contributed by atoms with Crippen LogP contribution in [-0.4, -0.2) is 48.3 Å². The van der Waals surface area contributed by atoms with Gasteiger partial charge in [0.25, 0.3) is 0 Å². The Bertz CT molecular complexity index is 571. The first-order valence-corrected chi connectivity index (χ1v) is 8.59. The number of nitrogens with zero attached hydrogens (tertiary/aromatic N) is 1. The number of amides is 2. The molecule has 0 bridgehead atoms. The molecule has 2 amide bonds. The molecular formula is C14H16Cl2N2O3S. The average molecular weight is 363 g/mol. The van der Waals surface area contributed by atoms with Gasteiger partial charge in [-0.2, -0.15) is 0 Å². The molecule has 2 N–H and O–H groups in total. The number of hydrogen-bond donors (Lipinski definition) is 1. The normalized spacial score (nSPS) is 18.3. The van der Waals surface area contributed by atoms with Crippen LogP contribution in [0.15, 0.2) is 18.2 Å². The number of nitrogens with two attached hydrogens (primary N) is 1. The summed E-state index contributed by atoms with van der Waals surface area (Å²) in [7, 11) is 0. The summed E-state index contributed by atoms with van der Waals surface area (Å²) in [6, 6.07) is 5.30. The van der Waals surface area contributed by atoms with E-state index in [-0.39, 0.29) is 12.5 Å². The lowest BCUT2D eigenvalue weighted by Crippen LogP contribution is -2.50. The van der Waals surface area contributed by atoms with Crippen molar-refractivity contribution >= 4 is 46.8 Å². The van der Waals surface area contributed by atoms with Crippen LogP contribution in [0.1, 0.15) is 5.56 Å². The van der Waals surface area contributed by atoms with Crippen LogP contribution in [0.5, 0.6) is 0 Å². The third-order valence-electron chi connectivity index (χ3n) is 3.23. The number of benzene rings is 1. The third-order valence-corrected chi connectivity index (χ3v) is 4.79. The Morgan fingerprint density at radius 2 is 2.18 bits per heavy atom. The zero-order chi connectivity index (χ0) is 16.1. The maximum absolute atomic E-state index is 12.1. The average Bonchev–Trinajstić information content (AvgIpc) is 2.49. The van der Waals surface area contributed by atoms with E-state index in [2.05, 4.69) is 0 Å². The third kappa shape index (κ3) is 4.78. The van der Waals surface area contributed by atoms with Gasteiger partial charge in [0.15, 0.2) is 6.10 Å². The largest absolute Gasteiger partial charge is 0.367 e. The molecule has 1 aromatic carbocycles. The molecular weight excluding hydrogens is 347 g/mol. The van der Waals surface area contributed by atoms with Crippen molar-refractivity contribution in [3.8, 4) is 0 Å². The van der Waals surface area contributed by atoms with Crippen LogP contribution in [0, 0.1) is 0 Å². The maximum Gasteiger partial charge on any atom is 0.248 e. The summed E-state index contributed by atoms with van der Waals surface area (Å²) in [5.74, 6) is 0.346. The minimum Gasteiger partial charge on any atom is -0.367 e. The zero-order valence-electron chi connectivity index (χ0n) is 11.8. The first-order chi connectivity index (χ1) is 10.5. The molecule has 1 fully saturated rings. The first-order valence-electron chi connectivity index (χ1n) is 6.67. The van der Waals surface area contributed by atoms with Crippen molar-refractivity contribution in [2.45, 2.75) is 11.9 Å². The highest BCUT2D eigenvalue weighted by atomic mass is 35.5. The van der Waals surface area contributed by atoms with Gasteiger partial charge in [-0.1, -0.05) is 29.3 Å². The number of ether oxygens (including phenoxy) is 1. The molecule has 120 valence electrons. The van der Waals surface area contributed by atoms with E-state index in [1.807, 2.05) is 6.07 Å². The minimum atomic E-state index is -0.714.